The van der Waals surface area contributed by atoms with Crippen LogP contribution < -0.4 is 5.73 Å². The topological polar surface area (TPSA) is 44.5 Å². The summed E-state index contributed by atoms with van der Waals surface area (Å²) in [6, 6.07) is 8.34. The van der Waals surface area contributed by atoms with E-state index in [1.165, 1.54) is 5.56 Å². The maximum absolute atomic E-state index is 6.06. The van der Waals surface area contributed by atoms with E-state index in [1.807, 2.05) is 6.92 Å². The molecule has 3 unspecified atom stereocenters. The van der Waals surface area contributed by atoms with Crippen LogP contribution in [0, 0.1) is 6.92 Å². The van der Waals surface area contributed by atoms with Gasteiger partial charge in [0.25, 0.3) is 0 Å². The zero-order valence-corrected chi connectivity index (χ0v) is 10.6. The SMILES string of the molecule is Cc1cccc(C(OC2CCOC2)C(C)N)c1. The molecule has 3 heteroatoms. The number of nitrogens with two attached hydrogens (primary N) is 1. The van der Waals surface area contributed by atoms with E-state index in [1.54, 1.807) is 0 Å². The molecular weight excluding hydrogens is 214 g/mol. The number of hydrogen-bond donors (Lipinski definition) is 1. The fourth-order valence-corrected chi connectivity index (χ4v) is 2.18. The van der Waals surface area contributed by atoms with Crippen LogP contribution in [0.5, 0.6) is 0 Å². The van der Waals surface area contributed by atoms with E-state index < -0.39 is 0 Å². The standard InChI is InChI=1S/C14H21NO2/c1-10-4-3-5-12(8-10)14(11(2)15)17-13-6-7-16-9-13/h3-5,8,11,13-14H,6-7,9,15H2,1-2H3. The van der Waals surface area contributed by atoms with Crippen LogP contribution in [0.25, 0.3) is 0 Å². The number of aryl methyl sites for hydroxylation is 1. The molecule has 1 saturated heterocycles. The maximum Gasteiger partial charge on any atom is 0.0978 e. The minimum atomic E-state index is -0.0402. The van der Waals surface area contributed by atoms with Gasteiger partial charge in [0.05, 0.1) is 18.8 Å². The van der Waals surface area contributed by atoms with Crippen molar-refractivity contribution in [2.75, 3.05) is 13.2 Å². The third-order valence-electron chi connectivity index (χ3n) is 3.08. The molecule has 17 heavy (non-hydrogen) atoms. The Hall–Kier alpha value is -0.900. The van der Waals surface area contributed by atoms with Gasteiger partial charge in [-0.2, -0.15) is 0 Å². The first-order valence-corrected chi connectivity index (χ1v) is 6.22. The van der Waals surface area contributed by atoms with Gasteiger partial charge in [0, 0.05) is 12.6 Å². The van der Waals surface area contributed by atoms with Gasteiger partial charge in [-0.25, -0.2) is 0 Å². The largest absolute Gasteiger partial charge is 0.379 e. The van der Waals surface area contributed by atoms with E-state index >= 15 is 0 Å². The van der Waals surface area contributed by atoms with Gasteiger partial charge in [-0.15, -0.1) is 0 Å². The van der Waals surface area contributed by atoms with Crippen molar-refractivity contribution in [1.82, 2.24) is 0 Å². The molecule has 1 fully saturated rings. The van der Waals surface area contributed by atoms with Crippen LogP contribution in [0.3, 0.4) is 0 Å². The minimum Gasteiger partial charge on any atom is -0.379 e. The Labute approximate surface area is 103 Å². The van der Waals surface area contributed by atoms with Crippen molar-refractivity contribution < 1.29 is 9.47 Å². The van der Waals surface area contributed by atoms with Crippen LogP contribution in [0.15, 0.2) is 24.3 Å². The Balaban J connectivity index is 2.10. The van der Waals surface area contributed by atoms with Gasteiger partial charge in [0.2, 0.25) is 0 Å². The van der Waals surface area contributed by atoms with Crippen molar-refractivity contribution in [3.63, 3.8) is 0 Å². The third kappa shape index (κ3) is 3.28. The van der Waals surface area contributed by atoms with Gasteiger partial charge in [-0.05, 0) is 25.8 Å². The summed E-state index contributed by atoms with van der Waals surface area (Å²) in [7, 11) is 0. The van der Waals surface area contributed by atoms with Crippen LogP contribution in [-0.4, -0.2) is 25.4 Å². The molecular formula is C14H21NO2. The molecule has 0 spiro atoms. The Bertz CT molecular complexity index is 359. The average molecular weight is 235 g/mol. The predicted molar refractivity (Wildman–Crippen MR) is 67.9 cm³/mol. The number of ether oxygens (including phenoxy) is 2. The van der Waals surface area contributed by atoms with Gasteiger partial charge in [0.1, 0.15) is 0 Å². The van der Waals surface area contributed by atoms with E-state index in [9.17, 15) is 0 Å². The normalized spacial score (nSPS) is 23.6. The minimum absolute atomic E-state index is 0.0163. The molecule has 1 heterocycles. The second kappa shape index (κ2) is 5.63. The molecule has 1 aromatic carbocycles. The van der Waals surface area contributed by atoms with E-state index in [2.05, 4.69) is 31.2 Å². The summed E-state index contributed by atoms with van der Waals surface area (Å²) in [6.07, 6.45) is 1.11. The van der Waals surface area contributed by atoms with Crippen molar-refractivity contribution in [1.29, 1.82) is 0 Å². The quantitative estimate of drug-likeness (QED) is 0.870. The summed E-state index contributed by atoms with van der Waals surface area (Å²) in [5, 5.41) is 0. The van der Waals surface area contributed by atoms with Gasteiger partial charge >= 0.3 is 0 Å². The third-order valence-corrected chi connectivity index (χ3v) is 3.08. The zero-order chi connectivity index (χ0) is 12.3. The molecule has 0 saturated carbocycles. The molecule has 0 aliphatic carbocycles. The Morgan fingerprint density at radius 2 is 2.29 bits per heavy atom. The lowest BCUT2D eigenvalue weighted by Crippen LogP contribution is -2.30. The predicted octanol–water partition coefficient (Wildman–Crippen LogP) is 2.19. The fraction of sp³-hybridized carbons (Fsp3) is 0.571. The first-order valence-electron chi connectivity index (χ1n) is 6.22. The summed E-state index contributed by atoms with van der Waals surface area (Å²) in [5.41, 5.74) is 8.43. The maximum atomic E-state index is 6.06. The van der Waals surface area contributed by atoms with Crippen molar-refractivity contribution in [2.24, 2.45) is 5.73 Å². The summed E-state index contributed by atoms with van der Waals surface area (Å²) in [5.74, 6) is 0. The molecule has 94 valence electrons. The fourth-order valence-electron chi connectivity index (χ4n) is 2.18. The summed E-state index contributed by atoms with van der Waals surface area (Å²) in [6.45, 7) is 5.56. The van der Waals surface area contributed by atoms with Gasteiger partial charge in [-0.3, -0.25) is 0 Å². The molecule has 0 aromatic heterocycles. The zero-order valence-electron chi connectivity index (χ0n) is 10.6. The van der Waals surface area contributed by atoms with Crippen LogP contribution in [-0.2, 0) is 9.47 Å². The van der Waals surface area contributed by atoms with Crippen LogP contribution in [0.2, 0.25) is 0 Å². The highest BCUT2D eigenvalue weighted by Crippen LogP contribution is 2.25. The monoisotopic (exact) mass is 235 g/mol. The average Bonchev–Trinajstić information content (AvgIpc) is 2.78. The van der Waals surface area contributed by atoms with Crippen LogP contribution >= 0.6 is 0 Å². The summed E-state index contributed by atoms with van der Waals surface area (Å²) < 4.78 is 11.4. The number of rotatable bonds is 4. The lowest BCUT2D eigenvalue weighted by Gasteiger charge is -2.25. The lowest BCUT2D eigenvalue weighted by molar-refractivity contribution is -0.0269. The van der Waals surface area contributed by atoms with Crippen LogP contribution in [0.1, 0.15) is 30.6 Å². The molecule has 1 aromatic rings. The Morgan fingerprint density at radius 1 is 1.47 bits per heavy atom. The molecule has 2 N–H and O–H groups in total. The lowest BCUT2D eigenvalue weighted by atomic mass is 10.0. The van der Waals surface area contributed by atoms with Crippen molar-refractivity contribution >= 4 is 0 Å². The van der Waals surface area contributed by atoms with Gasteiger partial charge in [0.15, 0.2) is 0 Å². The van der Waals surface area contributed by atoms with Gasteiger partial charge in [-0.1, -0.05) is 29.8 Å². The molecule has 0 radical (unpaired) electrons. The molecule has 0 amide bonds. The first kappa shape index (κ1) is 12.6. The second-order valence-corrected chi connectivity index (χ2v) is 4.82. The number of benzene rings is 1. The molecule has 1 aliphatic rings. The van der Waals surface area contributed by atoms with E-state index in [0.29, 0.717) is 6.61 Å². The molecule has 1 aliphatic heterocycles. The van der Waals surface area contributed by atoms with Crippen molar-refractivity contribution in [3.8, 4) is 0 Å². The molecule has 3 atom stereocenters. The van der Waals surface area contributed by atoms with E-state index in [-0.39, 0.29) is 18.2 Å². The summed E-state index contributed by atoms with van der Waals surface area (Å²) in [4.78, 5) is 0. The molecule has 3 nitrogen and oxygen atoms in total. The summed E-state index contributed by atoms with van der Waals surface area (Å²) >= 11 is 0. The highest BCUT2D eigenvalue weighted by atomic mass is 16.6. The van der Waals surface area contributed by atoms with Crippen molar-refractivity contribution in [2.45, 2.75) is 38.5 Å². The van der Waals surface area contributed by atoms with E-state index in [0.717, 1.165) is 18.6 Å². The highest BCUT2D eigenvalue weighted by molar-refractivity contribution is 5.25. The number of hydrogen-bond acceptors (Lipinski definition) is 3. The molecule has 0 bridgehead atoms. The Morgan fingerprint density at radius 3 is 2.88 bits per heavy atom. The van der Waals surface area contributed by atoms with Crippen molar-refractivity contribution in [3.05, 3.63) is 35.4 Å². The van der Waals surface area contributed by atoms with E-state index in [4.69, 9.17) is 15.2 Å². The molecule has 2 rings (SSSR count). The van der Waals surface area contributed by atoms with Gasteiger partial charge < -0.3 is 15.2 Å². The second-order valence-electron chi connectivity index (χ2n) is 4.82. The van der Waals surface area contributed by atoms with Crippen LogP contribution in [0.4, 0.5) is 0 Å². The highest BCUT2D eigenvalue weighted by Gasteiger charge is 2.24. The Kier molecular flexibility index (Phi) is 4.15. The first-order chi connectivity index (χ1) is 8.16. The smallest absolute Gasteiger partial charge is 0.0978 e.